The van der Waals surface area contributed by atoms with E-state index in [0.717, 1.165) is 11.3 Å². The lowest BCUT2D eigenvalue weighted by molar-refractivity contribution is -0.384. The monoisotopic (exact) mass is 522 g/mol. The summed E-state index contributed by atoms with van der Waals surface area (Å²) < 4.78 is 27.8. The van der Waals surface area contributed by atoms with Gasteiger partial charge in [-0.2, -0.15) is 0 Å². The van der Waals surface area contributed by atoms with E-state index in [1.165, 1.54) is 49.4 Å². The van der Waals surface area contributed by atoms with Gasteiger partial charge in [-0.1, -0.05) is 24.3 Å². The van der Waals surface area contributed by atoms with Crippen molar-refractivity contribution in [2.75, 3.05) is 10.0 Å². The molecule has 36 heavy (non-hydrogen) atoms. The zero-order chi connectivity index (χ0) is 25.9. The number of benzene rings is 3. The number of nitro benzene ring substituents is 1. The summed E-state index contributed by atoms with van der Waals surface area (Å²) in [5.41, 5.74) is 1.38. The first-order chi connectivity index (χ1) is 17.1. The highest BCUT2D eigenvalue weighted by Crippen LogP contribution is 2.32. The number of thiazole rings is 1. The number of sulfonamides is 1. The molecule has 3 aromatic carbocycles. The molecule has 0 spiro atoms. The average molecular weight is 523 g/mol. The number of nitrogens with zero attached hydrogens (tertiary/aromatic N) is 2. The molecule has 1 aromatic heterocycles. The van der Waals surface area contributed by atoms with E-state index >= 15 is 0 Å². The Bertz CT molecular complexity index is 1580. The van der Waals surface area contributed by atoms with Crippen LogP contribution in [0.4, 0.5) is 16.5 Å². The number of carbonyl (C=O) groups is 2. The molecule has 0 bridgehead atoms. The summed E-state index contributed by atoms with van der Waals surface area (Å²) in [4.78, 5) is 39.1. The standard InChI is InChI=1S/C24H18N4O6S2/c1-15(29)17-5-4-6-18(13-17)27-36(33,34)19-11-9-16(10-12-19)23(30)26-24-25-21(14-35-24)20-7-2-3-8-22(20)28(31)32/h2-14,27H,1H3,(H,25,26,30). The fourth-order valence-electron chi connectivity index (χ4n) is 3.27. The quantitative estimate of drug-likeness (QED) is 0.188. The van der Waals surface area contributed by atoms with Gasteiger partial charge in [-0.25, -0.2) is 13.4 Å². The van der Waals surface area contributed by atoms with Crippen molar-refractivity contribution in [1.29, 1.82) is 0 Å². The first-order valence-corrected chi connectivity index (χ1v) is 12.7. The SMILES string of the molecule is CC(=O)c1cccc(NS(=O)(=O)c2ccc(C(=O)Nc3nc(-c4ccccc4[N+](=O)[O-])cs3)cc2)c1. The largest absolute Gasteiger partial charge is 0.298 e. The van der Waals surface area contributed by atoms with E-state index in [0.29, 0.717) is 16.8 Å². The Hall–Kier alpha value is -4.42. The van der Waals surface area contributed by atoms with Gasteiger partial charge in [-0.15, -0.1) is 11.3 Å². The maximum Gasteiger partial charge on any atom is 0.278 e. The molecule has 182 valence electrons. The molecule has 0 aliphatic rings. The van der Waals surface area contributed by atoms with Crippen molar-refractivity contribution in [1.82, 2.24) is 4.98 Å². The zero-order valence-corrected chi connectivity index (χ0v) is 20.3. The van der Waals surface area contributed by atoms with Crippen LogP contribution in [0.25, 0.3) is 11.3 Å². The molecule has 12 heteroatoms. The molecule has 1 amide bonds. The van der Waals surface area contributed by atoms with Crippen LogP contribution in [0.2, 0.25) is 0 Å². The maximum absolute atomic E-state index is 12.7. The van der Waals surface area contributed by atoms with E-state index in [4.69, 9.17) is 0 Å². The van der Waals surface area contributed by atoms with Gasteiger partial charge in [0.15, 0.2) is 10.9 Å². The van der Waals surface area contributed by atoms with Gasteiger partial charge in [-0.05, 0) is 49.4 Å². The lowest BCUT2D eigenvalue weighted by Crippen LogP contribution is -2.15. The number of ketones is 1. The van der Waals surface area contributed by atoms with Crippen LogP contribution in [-0.4, -0.2) is 30.0 Å². The van der Waals surface area contributed by atoms with Crippen molar-refractivity contribution in [3.05, 3.63) is 99.4 Å². The second kappa shape index (κ2) is 10.1. The summed E-state index contributed by atoms with van der Waals surface area (Å²) in [5, 5.41) is 15.7. The van der Waals surface area contributed by atoms with Crippen molar-refractivity contribution < 1.29 is 22.9 Å². The molecule has 0 fully saturated rings. The molecule has 4 aromatic rings. The third kappa shape index (κ3) is 5.45. The number of para-hydroxylation sites is 1. The minimum Gasteiger partial charge on any atom is -0.298 e. The van der Waals surface area contributed by atoms with Crippen molar-refractivity contribution in [3.8, 4) is 11.3 Å². The number of rotatable bonds is 8. The van der Waals surface area contributed by atoms with E-state index in [-0.39, 0.29) is 32.7 Å². The molecule has 0 saturated heterocycles. The third-order valence-corrected chi connectivity index (χ3v) is 7.20. The number of nitro groups is 1. The molecule has 0 saturated carbocycles. The zero-order valence-electron chi connectivity index (χ0n) is 18.7. The van der Waals surface area contributed by atoms with Gasteiger partial charge in [0.25, 0.3) is 21.6 Å². The average Bonchev–Trinajstić information content (AvgIpc) is 3.32. The van der Waals surface area contributed by atoms with Gasteiger partial charge >= 0.3 is 0 Å². The minimum atomic E-state index is -3.95. The number of amides is 1. The van der Waals surface area contributed by atoms with Crippen LogP contribution in [0.3, 0.4) is 0 Å². The molecule has 1 heterocycles. The van der Waals surface area contributed by atoms with Gasteiger partial charge in [-0.3, -0.25) is 29.7 Å². The van der Waals surface area contributed by atoms with E-state index < -0.39 is 20.9 Å². The van der Waals surface area contributed by atoms with E-state index in [2.05, 4.69) is 15.0 Å². The number of Topliss-reactive ketones (excluding diaryl/α,β-unsaturated/α-hetero) is 1. The van der Waals surface area contributed by atoms with Gasteiger partial charge in [0, 0.05) is 28.3 Å². The van der Waals surface area contributed by atoms with Crippen molar-refractivity contribution in [3.63, 3.8) is 0 Å². The minimum absolute atomic E-state index is 0.0693. The number of hydrogen-bond acceptors (Lipinski definition) is 8. The van der Waals surface area contributed by atoms with Crippen molar-refractivity contribution >= 4 is 49.6 Å². The predicted octanol–water partition coefficient (Wildman–Crippen LogP) is 4.97. The number of hydrogen-bond donors (Lipinski definition) is 2. The van der Waals surface area contributed by atoms with Crippen LogP contribution in [-0.2, 0) is 10.0 Å². The first kappa shape index (κ1) is 24.7. The molecular formula is C24H18N4O6S2. The Labute approximate surface area is 209 Å². The molecule has 0 unspecified atom stereocenters. The highest BCUT2D eigenvalue weighted by atomic mass is 32.2. The normalized spacial score (nSPS) is 11.0. The summed E-state index contributed by atoms with van der Waals surface area (Å²) in [5.74, 6) is -0.717. The molecule has 0 aliphatic heterocycles. The number of carbonyl (C=O) groups excluding carboxylic acids is 2. The molecule has 10 nitrogen and oxygen atoms in total. The van der Waals surface area contributed by atoms with Crippen LogP contribution in [0.15, 0.2) is 83.1 Å². The molecule has 2 N–H and O–H groups in total. The summed E-state index contributed by atoms with van der Waals surface area (Å²) in [7, 11) is -3.95. The fraction of sp³-hybridized carbons (Fsp3) is 0.0417. The van der Waals surface area contributed by atoms with Crippen LogP contribution < -0.4 is 10.0 Å². The second-order valence-electron chi connectivity index (χ2n) is 7.53. The van der Waals surface area contributed by atoms with Crippen LogP contribution in [0, 0.1) is 10.1 Å². The number of anilines is 2. The predicted molar refractivity (Wildman–Crippen MR) is 136 cm³/mol. The van der Waals surface area contributed by atoms with E-state index in [1.54, 1.807) is 35.7 Å². The van der Waals surface area contributed by atoms with E-state index in [9.17, 15) is 28.1 Å². The topological polar surface area (TPSA) is 148 Å². The summed E-state index contributed by atoms with van der Waals surface area (Å²) in [6.07, 6.45) is 0. The number of aromatic nitrogens is 1. The van der Waals surface area contributed by atoms with Crippen molar-refractivity contribution in [2.24, 2.45) is 0 Å². The summed E-state index contributed by atoms with van der Waals surface area (Å²) in [6, 6.07) is 17.6. The second-order valence-corrected chi connectivity index (χ2v) is 10.1. The van der Waals surface area contributed by atoms with Gasteiger partial charge < -0.3 is 0 Å². The Kier molecular flexibility index (Phi) is 6.90. The Morgan fingerprint density at radius 1 is 0.972 bits per heavy atom. The number of nitrogens with one attached hydrogen (secondary N) is 2. The highest BCUT2D eigenvalue weighted by molar-refractivity contribution is 7.92. The maximum atomic E-state index is 12.7. The summed E-state index contributed by atoms with van der Waals surface area (Å²) >= 11 is 1.10. The Morgan fingerprint density at radius 3 is 2.39 bits per heavy atom. The molecule has 0 atom stereocenters. The van der Waals surface area contributed by atoms with E-state index in [1.807, 2.05) is 0 Å². The fourth-order valence-corrected chi connectivity index (χ4v) is 5.03. The molecular weight excluding hydrogens is 504 g/mol. The van der Waals surface area contributed by atoms with Crippen LogP contribution in [0.1, 0.15) is 27.6 Å². The van der Waals surface area contributed by atoms with Crippen LogP contribution in [0.5, 0.6) is 0 Å². The Balaban J connectivity index is 1.47. The molecule has 0 aliphatic carbocycles. The first-order valence-electron chi connectivity index (χ1n) is 10.4. The van der Waals surface area contributed by atoms with Crippen molar-refractivity contribution in [2.45, 2.75) is 11.8 Å². The highest BCUT2D eigenvalue weighted by Gasteiger charge is 2.19. The van der Waals surface area contributed by atoms with Gasteiger partial charge in [0.2, 0.25) is 0 Å². The van der Waals surface area contributed by atoms with Gasteiger partial charge in [0.05, 0.1) is 21.1 Å². The lowest BCUT2D eigenvalue weighted by Gasteiger charge is -2.09. The molecule has 0 radical (unpaired) electrons. The van der Waals surface area contributed by atoms with Crippen LogP contribution >= 0.6 is 11.3 Å². The smallest absolute Gasteiger partial charge is 0.278 e. The van der Waals surface area contributed by atoms with Gasteiger partial charge in [0.1, 0.15) is 0 Å². The summed E-state index contributed by atoms with van der Waals surface area (Å²) in [6.45, 7) is 1.38. The third-order valence-electron chi connectivity index (χ3n) is 5.05. The lowest BCUT2D eigenvalue weighted by atomic mass is 10.1. The molecule has 4 rings (SSSR count). The Morgan fingerprint density at radius 2 is 1.69 bits per heavy atom.